The van der Waals surface area contributed by atoms with Gasteiger partial charge in [-0.05, 0) is 43.7 Å². The first-order valence-corrected chi connectivity index (χ1v) is 13.3. The van der Waals surface area contributed by atoms with E-state index in [4.69, 9.17) is 0 Å². The fourth-order valence-corrected chi connectivity index (χ4v) is 7.28. The summed E-state index contributed by atoms with van der Waals surface area (Å²) in [7, 11) is -4.08. The van der Waals surface area contributed by atoms with Crippen molar-refractivity contribution < 1.29 is 23.1 Å². The number of hydrogen-bond acceptors (Lipinski definition) is 9. The maximum absolute atomic E-state index is 13.4. The van der Waals surface area contributed by atoms with Gasteiger partial charge in [0.2, 0.25) is 21.8 Å². The van der Waals surface area contributed by atoms with E-state index in [1.807, 2.05) is 13.8 Å². The Morgan fingerprint density at radius 2 is 1.86 bits per heavy atom. The molecule has 2 aliphatic heterocycles. The van der Waals surface area contributed by atoms with Crippen LogP contribution in [0.15, 0.2) is 59.5 Å². The van der Waals surface area contributed by atoms with Crippen LogP contribution in [0.2, 0.25) is 0 Å². The number of benzene rings is 2. The predicted octanol–water partition coefficient (Wildman–Crippen LogP) is 0.845. The van der Waals surface area contributed by atoms with Gasteiger partial charge < -0.3 is 15.3 Å². The van der Waals surface area contributed by atoms with E-state index in [9.17, 15) is 23.1 Å². The van der Waals surface area contributed by atoms with E-state index in [-0.39, 0.29) is 21.9 Å². The summed E-state index contributed by atoms with van der Waals surface area (Å²) in [4.78, 5) is 28.2. The predicted molar refractivity (Wildman–Crippen MR) is 129 cm³/mol. The van der Waals surface area contributed by atoms with Crippen molar-refractivity contribution in [3.8, 4) is 5.75 Å². The van der Waals surface area contributed by atoms with Gasteiger partial charge in [-0.15, -0.1) is 22.0 Å². The van der Waals surface area contributed by atoms with Gasteiger partial charge in [0.15, 0.2) is 5.82 Å². The lowest BCUT2D eigenvalue weighted by atomic mass is 9.95. The van der Waals surface area contributed by atoms with Gasteiger partial charge in [-0.1, -0.05) is 35.5 Å². The first-order valence-electron chi connectivity index (χ1n) is 11.0. The average Bonchev–Trinajstić information content (AvgIpc) is 3.46. The van der Waals surface area contributed by atoms with Crippen molar-refractivity contribution in [1.29, 1.82) is 0 Å². The number of tetrazole rings is 1. The van der Waals surface area contributed by atoms with Gasteiger partial charge in [-0.2, -0.15) is 9.94 Å². The summed E-state index contributed by atoms with van der Waals surface area (Å²) < 4.78 is 28.0. The second-order valence-corrected chi connectivity index (χ2v) is 12.5. The van der Waals surface area contributed by atoms with Crippen molar-refractivity contribution in [3.05, 3.63) is 66.0 Å². The number of nitrogens with zero attached hydrogens (tertiary/aromatic N) is 4. The molecule has 3 aromatic rings. The van der Waals surface area contributed by atoms with Gasteiger partial charge >= 0.3 is 0 Å². The molecular weight excluding hydrogens is 506 g/mol. The average molecular weight is 530 g/mol. The summed E-state index contributed by atoms with van der Waals surface area (Å²) in [5.41, 5.74) is 0.303. The lowest BCUT2D eigenvalue weighted by Gasteiger charge is -2.44. The summed E-state index contributed by atoms with van der Waals surface area (Å²) >= 11 is 1.49. The molecule has 3 heterocycles. The molecule has 0 bridgehead atoms. The Kier molecular flexibility index (Phi) is 5.97. The third-order valence-corrected chi connectivity index (χ3v) is 9.17. The number of fused-ring (bicyclic) bond motifs is 1. The quantitative estimate of drug-likeness (QED) is 0.324. The highest BCUT2D eigenvalue weighted by molar-refractivity contribution is 8.01. The molecule has 2 unspecified atom stereocenters. The van der Waals surface area contributed by atoms with Gasteiger partial charge in [-0.3, -0.25) is 9.59 Å². The molecular formula is C22H23N7O5S2. The number of β-lactam (4-membered cyclic amide) rings is 1. The molecule has 12 nitrogen and oxygen atoms in total. The number of phenols is 1. The Hall–Kier alpha value is -3.49. The van der Waals surface area contributed by atoms with Gasteiger partial charge in [0.25, 0.3) is 0 Å². The monoisotopic (exact) mass is 529 g/mol. The fraction of sp³-hybridized carbons (Fsp3) is 0.318. The number of thioether (sulfide) groups is 1. The number of hydrogen-bond donors (Lipinski definition) is 4. The number of phenolic OH excluding ortho intramolecular Hbond substituents is 1. The number of aromatic nitrogens is 4. The zero-order valence-electron chi connectivity index (χ0n) is 19.2. The smallest absolute Gasteiger partial charge is 0.249 e. The molecule has 0 spiro atoms. The standard InChI is InChI=1S/C22H23N7O5S2/c1-22(2)17(18-24-27-28-25-18)29-20(32)16(21(29)35-22)23-19(31)15(12-8-10-13(30)11-9-12)26-36(33,34)14-6-4-3-5-7-14/h3-11,15-17,21,26,30H,1-2H3,(H,23,31)(H,24,25,27,28)/t15-,16?,17?,21-/m1/s1. The highest BCUT2D eigenvalue weighted by Gasteiger charge is 2.63. The molecule has 188 valence electrons. The number of carbonyl (C=O) groups is 2. The number of amides is 2. The molecule has 2 fully saturated rings. The Morgan fingerprint density at radius 3 is 2.50 bits per heavy atom. The number of rotatable bonds is 7. The van der Waals surface area contributed by atoms with Crippen LogP contribution in [0.3, 0.4) is 0 Å². The van der Waals surface area contributed by atoms with E-state index < -0.39 is 38.8 Å². The van der Waals surface area contributed by atoms with Gasteiger partial charge in [0.1, 0.15) is 29.2 Å². The molecule has 14 heteroatoms. The minimum atomic E-state index is -4.08. The minimum Gasteiger partial charge on any atom is -0.508 e. The van der Waals surface area contributed by atoms with Crippen LogP contribution in [0.4, 0.5) is 0 Å². The van der Waals surface area contributed by atoms with Crippen molar-refractivity contribution in [2.75, 3.05) is 0 Å². The van der Waals surface area contributed by atoms with E-state index in [2.05, 4.69) is 30.7 Å². The zero-order chi connectivity index (χ0) is 25.7. The van der Waals surface area contributed by atoms with Crippen LogP contribution >= 0.6 is 11.8 Å². The van der Waals surface area contributed by atoms with Crippen molar-refractivity contribution in [2.24, 2.45) is 0 Å². The molecule has 0 radical (unpaired) electrons. The summed E-state index contributed by atoms with van der Waals surface area (Å²) in [6.45, 7) is 3.91. The topological polar surface area (TPSA) is 170 Å². The summed E-state index contributed by atoms with van der Waals surface area (Å²) in [5, 5.41) is 26.1. The van der Waals surface area contributed by atoms with Gasteiger partial charge in [0, 0.05) is 4.75 Å². The first kappa shape index (κ1) is 24.2. The SMILES string of the molecule is CC1(C)S[C@@H]2C(NC(=O)[C@H](NS(=O)(=O)c3ccccc3)c3ccc(O)cc3)C(=O)N2C1c1nn[nH]n1. The number of aromatic hydroxyl groups is 1. The zero-order valence-corrected chi connectivity index (χ0v) is 20.8. The van der Waals surface area contributed by atoms with Crippen LogP contribution in [-0.2, 0) is 19.6 Å². The van der Waals surface area contributed by atoms with E-state index in [0.717, 1.165) is 0 Å². The Balaban J connectivity index is 1.39. The number of H-pyrrole nitrogens is 1. The number of aromatic amines is 1. The van der Waals surface area contributed by atoms with E-state index in [0.29, 0.717) is 11.4 Å². The lowest BCUT2D eigenvalue weighted by molar-refractivity contribution is -0.152. The molecule has 0 aliphatic carbocycles. The number of nitrogens with one attached hydrogen (secondary N) is 3. The molecule has 2 aromatic carbocycles. The third kappa shape index (κ3) is 4.20. The van der Waals surface area contributed by atoms with Crippen molar-refractivity contribution in [1.82, 2.24) is 35.6 Å². The van der Waals surface area contributed by atoms with Crippen LogP contribution in [-0.4, -0.2) is 67.0 Å². The molecule has 36 heavy (non-hydrogen) atoms. The Morgan fingerprint density at radius 1 is 1.17 bits per heavy atom. The van der Waals surface area contributed by atoms with Gasteiger partial charge in [0.05, 0.1) is 4.90 Å². The van der Waals surface area contributed by atoms with Crippen molar-refractivity contribution >= 4 is 33.6 Å². The van der Waals surface area contributed by atoms with Crippen LogP contribution in [0.25, 0.3) is 0 Å². The molecule has 5 rings (SSSR count). The van der Waals surface area contributed by atoms with Crippen LogP contribution in [0, 0.1) is 0 Å². The Bertz CT molecular complexity index is 1380. The van der Waals surface area contributed by atoms with Crippen LogP contribution < -0.4 is 10.0 Å². The van der Waals surface area contributed by atoms with Gasteiger partial charge in [-0.25, -0.2) is 8.42 Å². The molecule has 0 saturated carbocycles. The normalized spacial score (nSPS) is 23.6. The van der Waals surface area contributed by atoms with E-state index in [1.54, 1.807) is 23.1 Å². The second kappa shape index (κ2) is 8.87. The highest BCUT2D eigenvalue weighted by Crippen LogP contribution is 2.56. The summed E-state index contributed by atoms with van der Waals surface area (Å²) in [6, 6.07) is 10.6. The van der Waals surface area contributed by atoms with Crippen molar-refractivity contribution in [2.45, 2.75) is 47.0 Å². The van der Waals surface area contributed by atoms with E-state index >= 15 is 0 Å². The Labute approximate surface area is 210 Å². The van der Waals surface area contributed by atoms with Crippen LogP contribution in [0.1, 0.15) is 37.3 Å². The van der Waals surface area contributed by atoms with E-state index in [1.165, 1.54) is 48.2 Å². The molecule has 2 saturated heterocycles. The van der Waals surface area contributed by atoms with Crippen molar-refractivity contribution in [3.63, 3.8) is 0 Å². The molecule has 2 aliphatic rings. The molecule has 4 N–H and O–H groups in total. The maximum atomic E-state index is 13.4. The molecule has 2 amide bonds. The largest absolute Gasteiger partial charge is 0.508 e. The maximum Gasteiger partial charge on any atom is 0.249 e. The third-order valence-electron chi connectivity index (χ3n) is 6.16. The molecule has 4 atom stereocenters. The highest BCUT2D eigenvalue weighted by atomic mass is 32.2. The lowest BCUT2D eigenvalue weighted by Crippen LogP contribution is -2.68. The number of carbonyl (C=O) groups excluding carboxylic acids is 2. The molecule has 1 aromatic heterocycles. The number of sulfonamides is 1. The second-order valence-electron chi connectivity index (χ2n) is 8.98. The minimum absolute atomic E-state index is 0.0106. The van der Waals surface area contributed by atoms with Crippen LogP contribution in [0.5, 0.6) is 5.75 Å². The fourth-order valence-electron chi connectivity index (χ4n) is 4.45. The summed E-state index contributed by atoms with van der Waals surface area (Å²) in [5.74, 6) is -0.673. The first-order chi connectivity index (χ1) is 17.1. The summed E-state index contributed by atoms with van der Waals surface area (Å²) in [6.07, 6.45) is 0.